The van der Waals surface area contributed by atoms with E-state index in [0.717, 1.165) is 0 Å². The van der Waals surface area contributed by atoms with Crippen molar-refractivity contribution >= 4 is 11.9 Å². The number of likely N-dealkylation sites (tertiary alicyclic amines) is 1. The molecule has 5 saturated carbocycles. The van der Waals surface area contributed by atoms with Crippen LogP contribution in [0.1, 0.15) is 37.0 Å². The van der Waals surface area contributed by atoms with Crippen LogP contribution in [0.5, 0.6) is 0 Å². The van der Waals surface area contributed by atoms with Crippen LogP contribution in [0.4, 0.5) is 0 Å². The van der Waals surface area contributed by atoms with Gasteiger partial charge in [-0.2, -0.15) is 0 Å². The first-order valence-electron chi connectivity index (χ1n) is 16.0. The number of carbonyl (C=O) groups excluding carboxylic acids is 2. The third-order valence-corrected chi connectivity index (χ3v) is 12.9. The van der Waals surface area contributed by atoms with Crippen LogP contribution in [0.3, 0.4) is 0 Å². The van der Waals surface area contributed by atoms with Crippen LogP contribution in [0.15, 0.2) is 30.3 Å². The number of rotatable bonds is 8. The number of methoxy groups -OCH3 is 3. The molecular weight excluding hydrogens is 586 g/mol. The van der Waals surface area contributed by atoms with Crippen molar-refractivity contribution in [3.8, 4) is 0 Å². The lowest BCUT2D eigenvalue weighted by Gasteiger charge is -2.70. The number of hydrogen-bond donors (Lipinski definition) is 4. The zero-order valence-electron chi connectivity index (χ0n) is 26.4. The number of esters is 2. The van der Waals surface area contributed by atoms with Crippen molar-refractivity contribution in [1.29, 1.82) is 0 Å². The molecule has 12 heteroatoms. The van der Waals surface area contributed by atoms with E-state index in [1.807, 2.05) is 6.92 Å². The Bertz CT molecular complexity index is 1350. The number of carbonyl (C=O) groups is 2. The van der Waals surface area contributed by atoms with E-state index in [0.29, 0.717) is 13.1 Å². The molecule has 7 rings (SSSR count). The van der Waals surface area contributed by atoms with Crippen molar-refractivity contribution in [3.63, 3.8) is 0 Å². The van der Waals surface area contributed by atoms with E-state index in [2.05, 4.69) is 4.90 Å². The smallest absolute Gasteiger partial charge is 0.338 e. The van der Waals surface area contributed by atoms with Gasteiger partial charge in [-0.25, -0.2) is 4.79 Å². The summed E-state index contributed by atoms with van der Waals surface area (Å²) < 4.78 is 31.0. The highest BCUT2D eigenvalue weighted by molar-refractivity contribution is 5.89. The minimum Gasteiger partial charge on any atom is -0.455 e. The SMILES string of the molecule is CCN1C[C@@]2(COC)C(O)CC(OC)[C@]34C1C(C(OC)[C@@H]23)[C@]1(OC(C)=O)C(O)C(O)[C@]2(O)C[C@@H]4[C@@H]1C2OC(=O)c1ccccc1. The van der Waals surface area contributed by atoms with Gasteiger partial charge in [-0.05, 0) is 31.0 Å². The van der Waals surface area contributed by atoms with Crippen molar-refractivity contribution in [2.24, 2.45) is 34.5 Å². The molecule has 8 unspecified atom stereocenters. The first-order valence-corrected chi connectivity index (χ1v) is 16.0. The number of hydrogen-bond acceptors (Lipinski definition) is 12. The number of piperidine rings is 1. The Balaban J connectivity index is 1.52. The monoisotopic (exact) mass is 631 g/mol. The van der Waals surface area contributed by atoms with Crippen molar-refractivity contribution in [2.75, 3.05) is 41.0 Å². The van der Waals surface area contributed by atoms with E-state index in [-0.39, 0.29) is 25.0 Å². The summed E-state index contributed by atoms with van der Waals surface area (Å²) in [7, 11) is 4.78. The third-order valence-electron chi connectivity index (χ3n) is 12.9. The number of ether oxygens (including phenoxy) is 5. The number of nitrogens with zero attached hydrogens (tertiary/aromatic N) is 1. The lowest BCUT2D eigenvalue weighted by atomic mass is 9.42. The largest absolute Gasteiger partial charge is 0.455 e. The zero-order valence-corrected chi connectivity index (χ0v) is 26.4. The summed E-state index contributed by atoms with van der Waals surface area (Å²) in [6.07, 6.45) is -6.69. The average Bonchev–Trinajstić information content (AvgIpc) is 3.41. The minimum atomic E-state index is -2.06. The lowest BCUT2D eigenvalue weighted by Crippen LogP contribution is -2.81. The van der Waals surface area contributed by atoms with Gasteiger partial charge in [0.15, 0.2) is 5.60 Å². The maximum atomic E-state index is 13.6. The fourth-order valence-electron chi connectivity index (χ4n) is 12.0. The minimum absolute atomic E-state index is 0.0572. The van der Waals surface area contributed by atoms with Crippen molar-refractivity contribution in [2.45, 2.75) is 80.6 Å². The number of aliphatic hydroxyl groups excluding tert-OH is 3. The number of benzene rings is 1. The molecule has 1 saturated heterocycles. The highest BCUT2D eigenvalue weighted by Gasteiger charge is 2.92. The predicted molar refractivity (Wildman–Crippen MR) is 156 cm³/mol. The van der Waals surface area contributed by atoms with Crippen molar-refractivity contribution < 1.29 is 53.7 Å². The van der Waals surface area contributed by atoms with Gasteiger partial charge in [-0.3, -0.25) is 9.69 Å². The van der Waals surface area contributed by atoms with Gasteiger partial charge in [-0.15, -0.1) is 0 Å². The highest BCUT2D eigenvalue weighted by atomic mass is 16.6. The molecule has 0 radical (unpaired) electrons. The van der Waals surface area contributed by atoms with Crippen molar-refractivity contribution in [3.05, 3.63) is 35.9 Å². The second-order valence-corrected chi connectivity index (χ2v) is 14.2. The van der Waals surface area contributed by atoms with Crippen LogP contribution in [-0.4, -0.2) is 132 Å². The van der Waals surface area contributed by atoms with Crippen LogP contribution in [0.2, 0.25) is 0 Å². The molecule has 12 nitrogen and oxygen atoms in total. The summed E-state index contributed by atoms with van der Waals surface area (Å²) in [6.45, 7) is 4.50. The summed E-state index contributed by atoms with van der Waals surface area (Å²) in [4.78, 5) is 29.0. The van der Waals surface area contributed by atoms with Gasteiger partial charge in [0.2, 0.25) is 0 Å². The van der Waals surface area contributed by atoms with Crippen LogP contribution in [0.25, 0.3) is 0 Å². The zero-order chi connectivity index (χ0) is 32.3. The Morgan fingerprint density at radius 1 is 1.02 bits per heavy atom. The van der Waals surface area contributed by atoms with Gasteiger partial charge in [0.1, 0.15) is 23.9 Å². The molecule has 1 heterocycles. The van der Waals surface area contributed by atoms with Gasteiger partial charge in [0.05, 0.1) is 30.5 Å². The Morgan fingerprint density at radius 2 is 1.73 bits per heavy atom. The van der Waals surface area contributed by atoms with Gasteiger partial charge in [0.25, 0.3) is 0 Å². The quantitative estimate of drug-likeness (QED) is 0.284. The summed E-state index contributed by atoms with van der Waals surface area (Å²) in [5.41, 5.74) is -5.27. The van der Waals surface area contributed by atoms with Gasteiger partial charge >= 0.3 is 11.9 Å². The van der Waals surface area contributed by atoms with E-state index in [4.69, 9.17) is 23.7 Å². The Morgan fingerprint density at radius 3 is 2.33 bits per heavy atom. The third kappa shape index (κ3) is 3.55. The summed E-state index contributed by atoms with van der Waals surface area (Å²) in [5, 5.41) is 48.4. The average molecular weight is 632 g/mol. The molecule has 6 fully saturated rings. The molecule has 1 aliphatic heterocycles. The van der Waals surface area contributed by atoms with Crippen molar-refractivity contribution in [1.82, 2.24) is 4.90 Å². The summed E-state index contributed by atoms with van der Waals surface area (Å²) >= 11 is 0. The molecule has 15 atom stereocenters. The number of aliphatic hydroxyl groups is 4. The van der Waals surface area contributed by atoms with E-state index >= 15 is 0 Å². The molecule has 0 aromatic heterocycles. The fraction of sp³-hybridized carbons (Fsp3) is 0.758. The molecule has 5 aliphatic carbocycles. The van der Waals surface area contributed by atoms with Gasteiger partial charge in [-0.1, -0.05) is 25.1 Å². The highest BCUT2D eigenvalue weighted by Crippen LogP contribution is 2.80. The predicted octanol–water partition coefficient (Wildman–Crippen LogP) is -0.00600. The molecule has 0 amide bonds. The Hall–Kier alpha value is -2.16. The summed E-state index contributed by atoms with van der Waals surface area (Å²) in [6, 6.07) is 7.96. The molecular formula is C33H45NO11. The maximum Gasteiger partial charge on any atom is 0.338 e. The number of fused-ring (bicyclic) bond motifs is 2. The molecule has 1 spiro atoms. The molecule has 4 N–H and O–H groups in total. The van der Waals surface area contributed by atoms with Crippen LogP contribution >= 0.6 is 0 Å². The van der Waals surface area contributed by atoms with E-state index in [9.17, 15) is 30.0 Å². The second kappa shape index (κ2) is 10.4. The standard InChI is InChI=1S/C33H45NO11/c1-6-34-14-30(15-41-3)19(36)12-20(42-4)32-18-13-31(40)26(37)27(38)33(45-16(2)35,22(25(32)34)23(43-5)24(30)32)21(18)28(31)44-29(39)17-10-8-7-9-11-17/h7-11,18-28,36-38,40H,6,12-15H2,1-5H3/t18-,19?,20?,21-,22?,23?,24+,25?,26?,27?,28?,30-,31-,32+,33+/m1/s1. The second-order valence-electron chi connectivity index (χ2n) is 14.2. The van der Waals surface area contributed by atoms with Crippen LogP contribution < -0.4 is 0 Å². The van der Waals surface area contributed by atoms with E-state index in [1.165, 1.54) is 6.92 Å². The topological polar surface area (TPSA) is 164 Å². The van der Waals surface area contributed by atoms with E-state index in [1.54, 1.807) is 51.7 Å². The Labute approximate surface area is 262 Å². The van der Waals surface area contributed by atoms with Gasteiger partial charge < -0.3 is 44.1 Å². The van der Waals surface area contributed by atoms with Gasteiger partial charge in [0, 0.05) is 75.8 Å². The summed E-state index contributed by atoms with van der Waals surface area (Å²) in [5.74, 6) is -4.06. The van der Waals surface area contributed by atoms with Crippen LogP contribution in [-0.2, 0) is 28.5 Å². The fourth-order valence-corrected chi connectivity index (χ4v) is 12.0. The molecule has 45 heavy (non-hydrogen) atoms. The molecule has 1 aromatic carbocycles. The normalized spacial score (nSPS) is 50.7. The molecule has 248 valence electrons. The maximum absolute atomic E-state index is 13.6. The lowest BCUT2D eigenvalue weighted by molar-refractivity contribution is -0.320. The molecule has 7 bridgehead atoms. The Kier molecular flexibility index (Phi) is 7.28. The molecule has 1 aromatic rings. The first-order chi connectivity index (χ1) is 21.4. The van der Waals surface area contributed by atoms with E-state index < -0.39 is 100 Å². The first kappa shape index (κ1) is 31.4. The molecule has 6 aliphatic rings. The van der Waals surface area contributed by atoms with Crippen LogP contribution in [0, 0.1) is 34.5 Å².